The van der Waals surface area contributed by atoms with E-state index >= 15 is 0 Å². The summed E-state index contributed by atoms with van der Waals surface area (Å²) in [5.41, 5.74) is 3.32. The molecule has 2 aromatic carbocycles. The third-order valence-electron chi connectivity index (χ3n) is 5.26. The number of nitrogens with zero attached hydrogens (tertiary/aromatic N) is 4. The fourth-order valence-electron chi connectivity index (χ4n) is 3.31. The third-order valence-corrected chi connectivity index (χ3v) is 5.26. The summed E-state index contributed by atoms with van der Waals surface area (Å²) in [5.74, 6) is 2.50. The van der Waals surface area contributed by atoms with Crippen LogP contribution >= 0.6 is 0 Å². The van der Waals surface area contributed by atoms with E-state index in [4.69, 9.17) is 10.00 Å². The average Bonchev–Trinajstić information content (AvgIpc) is 3.34. The molecule has 0 spiro atoms. The van der Waals surface area contributed by atoms with Crippen molar-refractivity contribution in [2.45, 2.75) is 33.1 Å². The Balaban J connectivity index is 1.57. The third kappa shape index (κ3) is 3.43. The van der Waals surface area contributed by atoms with Crippen molar-refractivity contribution in [2.24, 2.45) is 5.41 Å². The normalized spacial score (nSPS) is 14.6. The van der Waals surface area contributed by atoms with Crippen molar-refractivity contribution in [3.63, 3.8) is 0 Å². The lowest BCUT2D eigenvalue weighted by Crippen LogP contribution is -2.12. The second-order valence-corrected chi connectivity index (χ2v) is 7.34. The average molecular weight is 358 g/mol. The molecule has 136 valence electrons. The van der Waals surface area contributed by atoms with Crippen LogP contribution in [0.5, 0.6) is 5.75 Å². The van der Waals surface area contributed by atoms with Crippen LogP contribution in [-0.2, 0) is 0 Å². The Labute approximate surface area is 159 Å². The Hall–Kier alpha value is -3.13. The number of hydrogen-bond acceptors (Lipinski definition) is 4. The van der Waals surface area contributed by atoms with E-state index in [0.29, 0.717) is 13.0 Å². The lowest BCUT2D eigenvalue weighted by atomic mass is 10.1. The van der Waals surface area contributed by atoms with Gasteiger partial charge in [-0.25, -0.2) is 0 Å². The van der Waals surface area contributed by atoms with E-state index in [1.54, 1.807) is 0 Å². The van der Waals surface area contributed by atoms with Gasteiger partial charge < -0.3 is 4.74 Å². The maximum atomic E-state index is 8.93. The van der Waals surface area contributed by atoms with Gasteiger partial charge in [0, 0.05) is 23.1 Å². The van der Waals surface area contributed by atoms with E-state index in [2.05, 4.69) is 39.9 Å². The molecule has 0 unspecified atom stereocenters. The summed E-state index contributed by atoms with van der Waals surface area (Å²) >= 11 is 0. The van der Waals surface area contributed by atoms with Crippen molar-refractivity contribution in [1.29, 1.82) is 5.26 Å². The Morgan fingerprint density at radius 3 is 2.48 bits per heavy atom. The summed E-state index contributed by atoms with van der Waals surface area (Å²) in [4.78, 5) is 0. The van der Waals surface area contributed by atoms with Gasteiger partial charge in [0.15, 0.2) is 5.82 Å². The summed E-state index contributed by atoms with van der Waals surface area (Å²) in [5, 5.41) is 17.6. The molecule has 0 aliphatic heterocycles. The van der Waals surface area contributed by atoms with Crippen LogP contribution in [-0.4, -0.2) is 21.4 Å². The van der Waals surface area contributed by atoms with Gasteiger partial charge in [-0.15, -0.1) is 10.2 Å². The van der Waals surface area contributed by atoms with Crippen molar-refractivity contribution in [3.05, 3.63) is 59.9 Å². The highest BCUT2D eigenvalue weighted by molar-refractivity contribution is 5.62. The first kappa shape index (κ1) is 17.3. The number of aryl methyl sites for hydroxylation is 2. The van der Waals surface area contributed by atoms with Crippen LogP contribution in [0.2, 0.25) is 0 Å². The molecule has 1 aliphatic rings. The van der Waals surface area contributed by atoms with E-state index < -0.39 is 0 Å². The zero-order chi connectivity index (χ0) is 18.9. The van der Waals surface area contributed by atoms with E-state index in [0.717, 1.165) is 41.5 Å². The summed E-state index contributed by atoms with van der Waals surface area (Å²) in [7, 11) is 0. The lowest BCUT2D eigenvalue weighted by Gasteiger charge is -2.14. The second-order valence-electron chi connectivity index (χ2n) is 7.34. The summed E-state index contributed by atoms with van der Waals surface area (Å²) in [6.07, 6.45) is 2.74. The fraction of sp³-hybridized carbons (Fsp3) is 0.318. The minimum atomic E-state index is 0.0796. The molecule has 5 nitrogen and oxygen atoms in total. The maximum absolute atomic E-state index is 8.93. The molecule has 5 heteroatoms. The lowest BCUT2D eigenvalue weighted by molar-refractivity contribution is 0.237. The molecule has 0 amide bonds. The molecular weight excluding hydrogens is 336 g/mol. The number of nitriles is 1. The van der Waals surface area contributed by atoms with Gasteiger partial charge in [0.2, 0.25) is 0 Å². The van der Waals surface area contributed by atoms with Crippen molar-refractivity contribution < 1.29 is 4.74 Å². The van der Waals surface area contributed by atoms with Crippen LogP contribution < -0.4 is 4.74 Å². The van der Waals surface area contributed by atoms with Gasteiger partial charge in [-0.1, -0.05) is 24.3 Å². The zero-order valence-electron chi connectivity index (χ0n) is 15.6. The summed E-state index contributed by atoms with van der Waals surface area (Å²) in [6.45, 7) is 4.65. The highest BCUT2D eigenvalue weighted by Crippen LogP contribution is 2.48. The van der Waals surface area contributed by atoms with Crippen molar-refractivity contribution in [1.82, 2.24) is 14.8 Å². The van der Waals surface area contributed by atoms with Crippen molar-refractivity contribution >= 4 is 0 Å². The SMILES string of the molecule is Cc1ccccc1-c1nnc(C)n1-c1ccc(OCC2(CC#N)CC2)cc1. The molecule has 1 aromatic heterocycles. The molecule has 1 saturated carbocycles. The van der Waals surface area contributed by atoms with Gasteiger partial charge in [0.25, 0.3) is 0 Å². The van der Waals surface area contributed by atoms with Gasteiger partial charge >= 0.3 is 0 Å². The molecule has 4 rings (SSSR count). The van der Waals surface area contributed by atoms with Gasteiger partial charge in [-0.05, 0) is 56.5 Å². The minimum Gasteiger partial charge on any atom is -0.493 e. The molecular formula is C22H22N4O. The quantitative estimate of drug-likeness (QED) is 0.645. The van der Waals surface area contributed by atoms with Gasteiger partial charge in [0.1, 0.15) is 11.6 Å². The maximum Gasteiger partial charge on any atom is 0.168 e. The first-order valence-electron chi connectivity index (χ1n) is 9.20. The van der Waals surface area contributed by atoms with E-state index in [1.807, 2.05) is 43.3 Å². The minimum absolute atomic E-state index is 0.0796. The Morgan fingerprint density at radius 1 is 1.07 bits per heavy atom. The Kier molecular flexibility index (Phi) is 4.41. The van der Waals surface area contributed by atoms with Crippen LogP contribution in [0.1, 0.15) is 30.7 Å². The first-order chi connectivity index (χ1) is 13.1. The smallest absolute Gasteiger partial charge is 0.168 e. The summed E-state index contributed by atoms with van der Waals surface area (Å²) in [6, 6.07) is 18.4. The van der Waals surface area contributed by atoms with Gasteiger partial charge in [0.05, 0.1) is 12.7 Å². The highest BCUT2D eigenvalue weighted by Gasteiger charge is 2.43. The van der Waals surface area contributed by atoms with Crippen molar-refractivity contribution in [2.75, 3.05) is 6.61 Å². The summed E-state index contributed by atoms with van der Waals surface area (Å²) < 4.78 is 7.99. The Bertz CT molecular complexity index is 994. The molecule has 27 heavy (non-hydrogen) atoms. The number of ether oxygens (including phenoxy) is 1. The fourth-order valence-corrected chi connectivity index (χ4v) is 3.31. The largest absolute Gasteiger partial charge is 0.493 e. The molecule has 0 atom stereocenters. The van der Waals surface area contributed by atoms with Crippen LogP contribution in [0.3, 0.4) is 0 Å². The van der Waals surface area contributed by atoms with E-state index in [9.17, 15) is 0 Å². The Morgan fingerprint density at radius 2 is 1.81 bits per heavy atom. The van der Waals surface area contributed by atoms with Crippen LogP contribution in [0.25, 0.3) is 17.1 Å². The highest BCUT2D eigenvalue weighted by atomic mass is 16.5. The van der Waals surface area contributed by atoms with Gasteiger partial charge in [-0.3, -0.25) is 4.57 Å². The molecule has 1 aliphatic carbocycles. The topological polar surface area (TPSA) is 63.7 Å². The van der Waals surface area contributed by atoms with E-state index in [1.165, 1.54) is 5.56 Å². The van der Waals surface area contributed by atoms with Gasteiger partial charge in [-0.2, -0.15) is 5.26 Å². The molecule has 0 bridgehead atoms. The van der Waals surface area contributed by atoms with Crippen LogP contribution in [0.4, 0.5) is 0 Å². The zero-order valence-corrected chi connectivity index (χ0v) is 15.6. The number of rotatable bonds is 6. The first-order valence-corrected chi connectivity index (χ1v) is 9.20. The standard InChI is InChI=1S/C22H22N4O/c1-16-5-3-4-6-20(16)21-25-24-17(2)26(21)18-7-9-19(10-8-18)27-15-22(11-12-22)13-14-23/h3-10H,11-13,15H2,1-2H3. The molecule has 3 aromatic rings. The van der Waals surface area contributed by atoms with Crippen LogP contribution in [0.15, 0.2) is 48.5 Å². The second kappa shape index (κ2) is 6.88. The predicted molar refractivity (Wildman–Crippen MR) is 104 cm³/mol. The van der Waals surface area contributed by atoms with E-state index in [-0.39, 0.29) is 5.41 Å². The molecule has 0 saturated heterocycles. The molecule has 1 heterocycles. The van der Waals surface area contributed by atoms with Crippen molar-refractivity contribution in [3.8, 4) is 28.9 Å². The number of aromatic nitrogens is 3. The number of benzene rings is 2. The molecule has 0 N–H and O–H groups in total. The van der Waals surface area contributed by atoms with Crippen LogP contribution in [0, 0.1) is 30.6 Å². The predicted octanol–water partition coefficient (Wildman–Crippen LogP) is 4.62. The number of hydrogen-bond donors (Lipinski definition) is 0. The molecule has 0 radical (unpaired) electrons. The molecule has 1 fully saturated rings. The monoisotopic (exact) mass is 358 g/mol.